The molecule has 0 spiro atoms. The van der Waals surface area contributed by atoms with Gasteiger partial charge in [-0.05, 0) is 42.3 Å². The average molecular weight is 238 g/mol. The van der Waals surface area contributed by atoms with Gasteiger partial charge in [-0.15, -0.1) is 0 Å². The van der Waals surface area contributed by atoms with Crippen molar-refractivity contribution in [1.29, 1.82) is 0 Å². The number of aryl methyl sites for hydroxylation is 1. The normalized spacial score (nSPS) is 10.8. The lowest BCUT2D eigenvalue weighted by atomic mass is 10.0. The summed E-state index contributed by atoms with van der Waals surface area (Å²) in [5.74, 6) is -0.223. The van der Waals surface area contributed by atoms with E-state index in [0.717, 1.165) is 27.7 Å². The molecule has 0 bridgehead atoms. The van der Waals surface area contributed by atoms with Crippen LogP contribution < -0.4 is 0 Å². The molecule has 0 fully saturated rings. The highest BCUT2D eigenvalue weighted by Gasteiger charge is 2.03. The molecule has 0 aliphatic heterocycles. The third kappa shape index (κ3) is 1.84. The molecule has 3 aromatic rings. The lowest BCUT2D eigenvalue weighted by molar-refractivity contribution is 0.628. The highest BCUT2D eigenvalue weighted by molar-refractivity contribution is 5.85. The molecule has 0 unspecified atom stereocenters. The van der Waals surface area contributed by atoms with E-state index in [2.05, 4.69) is 9.97 Å². The zero-order valence-electron chi connectivity index (χ0n) is 9.89. The summed E-state index contributed by atoms with van der Waals surface area (Å²) in [5, 5.41) is 1.03. The molecule has 1 heterocycles. The topological polar surface area (TPSA) is 25.8 Å². The molecule has 3 heteroatoms. The highest BCUT2D eigenvalue weighted by Crippen LogP contribution is 2.24. The Kier molecular flexibility index (Phi) is 2.52. The van der Waals surface area contributed by atoms with Crippen molar-refractivity contribution in [2.75, 3.05) is 0 Å². The summed E-state index contributed by atoms with van der Waals surface area (Å²) >= 11 is 0. The van der Waals surface area contributed by atoms with E-state index >= 15 is 0 Å². The molecular weight excluding hydrogens is 227 g/mol. The van der Waals surface area contributed by atoms with Crippen LogP contribution in [0.15, 0.2) is 48.8 Å². The van der Waals surface area contributed by atoms with Crippen LogP contribution >= 0.6 is 0 Å². The van der Waals surface area contributed by atoms with Crippen LogP contribution in [0.3, 0.4) is 0 Å². The molecule has 88 valence electrons. The van der Waals surface area contributed by atoms with Crippen LogP contribution in [0.1, 0.15) is 5.69 Å². The predicted molar refractivity (Wildman–Crippen MR) is 69.7 cm³/mol. The minimum absolute atomic E-state index is 0.223. The molecule has 0 radical (unpaired) electrons. The molecule has 0 saturated heterocycles. The molecule has 2 nitrogen and oxygen atoms in total. The van der Waals surface area contributed by atoms with Gasteiger partial charge in [-0.3, -0.25) is 0 Å². The Balaban J connectivity index is 2.18. The molecule has 0 aliphatic carbocycles. The summed E-state index contributed by atoms with van der Waals surface area (Å²) in [5.41, 5.74) is 3.90. The second kappa shape index (κ2) is 4.18. The summed E-state index contributed by atoms with van der Waals surface area (Å²) in [4.78, 5) is 8.40. The van der Waals surface area contributed by atoms with Crippen LogP contribution in [0.5, 0.6) is 0 Å². The molecule has 0 aliphatic rings. The maximum Gasteiger partial charge on any atom is 0.123 e. The van der Waals surface area contributed by atoms with E-state index in [1.54, 1.807) is 18.5 Å². The minimum Gasteiger partial charge on any atom is -0.241 e. The summed E-state index contributed by atoms with van der Waals surface area (Å²) in [6, 6.07) is 12.5. The summed E-state index contributed by atoms with van der Waals surface area (Å²) < 4.78 is 12.9. The first-order valence-electron chi connectivity index (χ1n) is 5.71. The van der Waals surface area contributed by atoms with Gasteiger partial charge in [-0.1, -0.05) is 18.2 Å². The Morgan fingerprint density at radius 1 is 0.889 bits per heavy atom. The molecule has 0 atom stereocenters. The lowest BCUT2D eigenvalue weighted by Crippen LogP contribution is -1.88. The van der Waals surface area contributed by atoms with E-state index in [1.807, 2.05) is 25.1 Å². The van der Waals surface area contributed by atoms with Crippen LogP contribution in [-0.2, 0) is 0 Å². The van der Waals surface area contributed by atoms with Crippen LogP contribution in [-0.4, -0.2) is 9.97 Å². The largest absolute Gasteiger partial charge is 0.241 e. The van der Waals surface area contributed by atoms with E-state index in [1.165, 1.54) is 12.1 Å². The second-order valence-corrected chi connectivity index (χ2v) is 4.20. The number of benzene rings is 2. The first-order valence-corrected chi connectivity index (χ1v) is 5.71. The van der Waals surface area contributed by atoms with Gasteiger partial charge in [0.1, 0.15) is 12.1 Å². The number of hydrogen-bond acceptors (Lipinski definition) is 2. The number of halogens is 1. The van der Waals surface area contributed by atoms with Crippen LogP contribution in [0.4, 0.5) is 4.39 Å². The predicted octanol–water partition coefficient (Wildman–Crippen LogP) is 3.74. The number of hydrogen-bond donors (Lipinski definition) is 0. The van der Waals surface area contributed by atoms with Gasteiger partial charge in [0, 0.05) is 11.1 Å². The van der Waals surface area contributed by atoms with Crippen molar-refractivity contribution < 1.29 is 4.39 Å². The second-order valence-electron chi connectivity index (χ2n) is 4.20. The smallest absolute Gasteiger partial charge is 0.123 e. The zero-order chi connectivity index (χ0) is 12.5. The maximum absolute atomic E-state index is 12.9. The number of aromatic nitrogens is 2. The van der Waals surface area contributed by atoms with Crippen LogP contribution in [0.25, 0.3) is 22.0 Å². The number of rotatable bonds is 1. The fourth-order valence-corrected chi connectivity index (χ4v) is 2.01. The third-order valence-corrected chi connectivity index (χ3v) is 3.01. The molecule has 0 N–H and O–H groups in total. The quantitative estimate of drug-likeness (QED) is 0.645. The van der Waals surface area contributed by atoms with Crippen molar-refractivity contribution in [3.05, 3.63) is 60.3 Å². The van der Waals surface area contributed by atoms with Crippen molar-refractivity contribution in [3.63, 3.8) is 0 Å². The average Bonchev–Trinajstić information content (AvgIpc) is 2.40. The Morgan fingerprint density at radius 3 is 2.39 bits per heavy atom. The summed E-state index contributed by atoms with van der Waals surface area (Å²) in [6.45, 7) is 1.96. The van der Waals surface area contributed by atoms with Gasteiger partial charge < -0.3 is 0 Å². The number of fused-ring (bicyclic) bond motifs is 1. The van der Waals surface area contributed by atoms with Gasteiger partial charge >= 0.3 is 0 Å². The van der Waals surface area contributed by atoms with Gasteiger partial charge in [0.2, 0.25) is 0 Å². The van der Waals surface area contributed by atoms with Crippen molar-refractivity contribution >= 4 is 10.9 Å². The van der Waals surface area contributed by atoms with Gasteiger partial charge in [0.05, 0.1) is 5.52 Å². The fraction of sp³-hybridized carbons (Fsp3) is 0.0667. The molecule has 18 heavy (non-hydrogen) atoms. The Bertz CT molecular complexity index is 705. The van der Waals surface area contributed by atoms with E-state index in [-0.39, 0.29) is 5.82 Å². The Labute approximate surface area is 104 Å². The van der Waals surface area contributed by atoms with E-state index in [9.17, 15) is 4.39 Å². The summed E-state index contributed by atoms with van der Waals surface area (Å²) in [7, 11) is 0. The maximum atomic E-state index is 12.9. The van der Waals surface area contributed by atoms with Crippen LogP contribution in [0.2, 0.25) is 0 Å². The SMILES string of the molecule is Cc1ncnc2ccc(-c3ccc(F)cc3)cc12. The zero-order valence-corrected chi connectivity index (χ0v) is 9.89. The Morgan fingerprint density at radius 2 is 1.61 bits per heavy atom. The van der Waals surface area contributed by atoms with Crippen molar-refractivity contribution in [2.24, 2.45) is 0 Å². The van der Waals surface area contributed by atoms with E-state index in [0.29, 0.717) is 0 Å². The monoisotopic (exact) mass is 238 g/mol. The minimum atomic E-state index is -0.223. The molecule has 3 rings (SSSR count). The van der Waals surface area contributed by atoms with Crippen molar-refractivity contribution in [3.8, 4) is 11.1 Å². The van der Waals surface area contributed by atoms with Crippen molar-refractivity contribution in [2.45, 2.75) is 6.92 Å². The molecule has 2 aromatic carbocycles. The molecular formula is C15H11FN2. The van der Waals surface area contributed by atoms with Crippen molar-refractivity contribution in [1.82, 2.24) is 9.97 Å². The fourth-order valence-electron chi connectivity index (χ4n) is 2.01. The van der Waals surface area contributed by atoms with E-state index < -0.39 is 0 Å². The van der Waals surface area contributed by atoms with Crippen LogP contribution in [0, 0.1) is 12.7 Å². The van der Waals surface area contributed by atoms with Gasteiger partial charge in [-0.25, -0.2) is 14.4 Å². The van der Waals surface area contributed by atoms with E-state index in [4.69, 9.17) is 0 Å². The standard InChI is InChI=1S/C15H11FN2/c1-10-14-8-12(4-7-15(14)18-9-17-10)11-2-5-13(16)6-3-11/h2-9H,1H3. The van der Waals surface area contributed by atoms with Gasteiger partial charge in [0.15, 0.2) is 0 Å². The summed E-state index contributed by atoms with van der Waals surface area (Å²) in [6.07, 6.45) is 1.56. The van der Waals surface area contributed by atoms with Gasteiger partial charge in [-0.2, -0.15) is 0 Å². The first-order chi connectivity index (χ1) is 8.74. The molecule has 1 aromatic heterocycles. The third-order valence-electron chi connectivity index (χ3n) is 3.01. The Hall–Kier alpha value is -2.29. The molecule has 0 amide bonds. The number of nitrogens with zero attached hydrogens (tertiary/aromatic N) is 2. The first kappa shape index (κ1) is 10.8. The van der Waals surface area contributed by atoms with Gasteiger partial charge in [0.25, 0.3) is 0 Å². The molecule has 0 saturated carbocycles. The highest BCUT2D eigenvalue weighted by atomic mass is 19.1. The lowest BCUT2D eigenvalue weighted by Gasteiger charge is -2.05.